The van der Waals surface area contributed by atoms with Crippen LogP contribution in [0.1, 0.15) is 12.5 Å². The molecule has 0 radical (unpaired) electrons. The van der Waals surface area contributed by atoms with E-state index >= 15 is 0 Å². The molecule has 1 aromatic rings. The van der Waals surface area contributed by atoms with E-state index in [1.807, 2.05) is 4.08 Å². The van der Waals surface area contributed by atoms with Crippen LogP contribution in [-0.2, 0) is 11.0 Å². The van der Waals surface area contributed by atoms with Gasteiger partial charge in [0.2, 0.25) is 5.91 Å². The molecule has 0 atom stereocenters. The van der Waals surface area contributed by atoms with E-state index in [9.17, 15) is 18.0 Å². The number of carbonyl (C=O) groups is 1. The maximum absolute atomic E-state index is 12.6. The molecule has 0 saturated carbocycles. The van der Waals surface area contributed by atoms with Gasteiger partial charge in [-0.2, -0.15) is 18.2 Å². The van der Waals surface area contributed by atoms with Crippen LogP contribution in [0.15, 0.2) is 38.2 Å². The van der Waals surface area contributed by atoms with Crippen molar-refractivity contribution in [2.45, 2.75) is 13.1 Å². The van der Waals surface area contributed by atoms with Gasteiger partial charge in [-0.3, -0.25) is 4.79 Å². The molecule has 1 fully saturated rings. The Hall–Kier alpha value is -1.03. The van der Waals surface area contributed by atoms with Crippen LogP contribution in [0.4, 0.5) is 18.9 Å². The van der Waals surface area contributed by atoms with Crippen molar-refractivity contribution in [3.63, 3.8) is 0 Å². The average molecular weight is 426 g/mol. The fourth-order valence-electron chi connectivity index (χ4n) is 1.73. The van der Waals surface area contributed by atoms with Gasteiger partial charge in [-0.15, -0.1) is 0 Å². The number of alkyl halides is 3. The van der Waals surface area contributed by atoms with Crippen molar-refractivity contribution in [2.24, 2.45) is 4.99 Å². The maximum Gasteiger partial charge on any atom is 0.416 e. The summed E-state index contributed by atoms with van der Waals surface area (Å²) in [5.74, 6) is -0.343. The number of aliphatic imine (C=N–C) groups is 1. The molecule has 112 valence electrons. The van der Waals surface area contributed by atoms with Gasteiger partial charge in [0, 0.05) is 17.5 Å². The average Bonchev–Trinajstić information content (AvgIpc) is 2.80. The van der Waals surface area contributed by atoms with Gasteiger partial charge in [0.1, 0.15) is 0 Å². The molecule has 0 aromatic heterocycles. The number of nitrogens with zero attached hydrogens (tertiary/aromatic N) is 2. The van der Waals surface area contributed by atoms with Gasteiger partial charge in [0.05, 0.1) is 12.1 Å². The monoisotopic (exact) mass is 426 g/mol. The highest BCUT2D eigenvalue weighted by Crippen LogP contribution is 2.36. The number of benzene rings is 1. The summed E-state index contributed by atoms with van der Waals surface area (Å²) in [7, 11) is 0. The summed E-state index contributed by atoms with van der Waals surface area (Å²) in [6, 6.07) is 4.82. The van der Waals surface area contributed by atoms with Gasteiger partial charge >= 0.3 is 6.18 Å². The van der Waals surface area contributed by atoms with E-state index in [0.717, 1.165) is 17.0 Å². The molecule has 3 nitrogen and oxygen atoms in total. The van der Waals surface area contributed by atoms with Crippen molar-refractivity contribution in [3.05, 3.63) is 38.8 Å². The van der Waals surface area contributed by atoms with Crippen molar-refractivity contribution in [1.29, 1.82) is 0 Å². The Bertz CT molecular complexity index is 611. The van der Waals surface area contributed by atoms with Gasteiger partial charge in [0.15, 0.2) is 5.17 Å². The van der Waals surface area contributed by atoms with Gasteiger partial charge in [-0.25, -0.2) is 0 Å². The van der Waals surface area contributed by atoms with Crippen LogP contribution >= 0.6 is 34.4 Å². The summed E-state index contributed by atoms with van der Waals surface area (Å²) in [6.07, 6.45) is -4.36. The van der Waals surface area contributed by atoms with Crippen LogP contribution in [0.25, 0.3) is 0 Å². The first-order valence-corrected chi connectivity index (χ1v) is 7.88. The fourth-order valence-corrected chi connectivity index (χ4v) is 3.24. The Morgan fingerprint density at radius 1 is 1.38 bits per heavy atom. The number of rotatable bonds is 1. The first-order valence-electron chi connectivity index (χ1n) is 5.82. The molecule has 1 aromatic carbocycles. The number of amidine groups is 1. The molecule has 0 N–H and O–H groups in total. The van der Waals surface area contributed by atoms with Gasteiger partial charge < -0.3 is 4.90 Å². The SMILES string of the molecule is CC(=O)/N=C1\S/C(=C\I)CN1c1ccc(C(F)(F)F)cc1. The van der Waals surface area contributed by atoms with E-state index in [1.54, 1.807) is 4.90 Å². The Morgan fingerprint density at radius 2 is 2.00 bits per heavy atom. The molecule has 1 saturated heterocycles. The molecule has 0 spiro atoms. The van der Waals surface area contributed by atoms with Crippen LogP contribution in [0.2, 0.25) is 0 Å². The molecule has 0 unspecified atom stereocenters. The fraction of sp³-hybridized carbons (Fsp3) is 0.231. The molecule has 1 amide bonds. The van der Waals surface area contributed by atoms with Crippen LogP contribution in [-0.4, -0.2) is 17.6 Å². The van der Waals surface area contributed by atoms with Crippen LogP contribution in [0.5, 0.6) is 0 Å². The van der Waals surface area contributed by atoms with Crippen molar-refractivity contribution in [2.75, 3.05) is 11.4 Å². The third-order valence-electron chi connectivity index (χ3n) is 2.65. The van der Waals surface area contributed by atoms with E-state index in [2.05, 4.69) is 27.6 Å². The smallest absolute Gasteiger partial charge is 0.316 e. The lowest BCUT2D eigenvalue weighted by Gasteiger charge is -2.18. The summed E-state index contributed by atoms with van der Waals surface area (Å²) in [5, 5.41) is 0.477. The number of hydrogen-bond acceptors (Lipinski definition) is 2. The maximum atomic E-state index is 12.6. The summed E-state index contributed by atoms with van der Waals surface area (Å²) >= 11 is 3.42. The van der Waals surface area contributed by atoms with Gasteiger partial charge in [-0.05, 0) is 28.3 Å². The number of halogens is 4. The Labute approximate surface area is 137 Å². The Balaban J connectivity index is 2.33. The van der Waals surface area contributed by atoms with E-state index in [1.165, 1.54) is 30.8 Å². The lowest BCUT2D eigenvalue weighted by Crippen LogP contribution is -2.24. The van der Waals surface area contributed by atoms with Crippen molar-refractivity contribution >= 4 is 51.1 Å². The summed E-state index contributed by atoms with van der Waals surface area (Å²) < 4.78 is 39.6. The second kappa shape index (κ2) is 6.39. The van der Waals surface area contributed by atoms with E-state index in [4.69, 9.17) is 0 Å². The molecular weight excluding hydrogens is 416 g/mol. The minimum absolute atomic E-state index is 0.343. The number of amides is 1. The van der Waals surface area contributed by atoms with Gasteiger partial charge in [0.25, 0.3) is 0 Å². The molecule has 0 bridgehead atoms. The number of thioether (sulfide) groups is 1. The second-order valence-electron chi connectivity index (χ2n) is 4.22. The molecule has 8 heteroatoms. The summed E-state index contributed by atoms with van der Waals surface area (Å²) in [5.41, 5.74) is -0.128. The van der Waals surface area contributed by atoms with Crippen molar-refractivity contribution in [3.8, 4) is 0 Å². The van der Waals surface area contributed by atoms with E-state index in [0.29, 0.717) is 17.4 Å². The molecule has 1 aliphatic heterocycles. The zero-order chi connectivity index (χ0) is 15.6. The Kier molecular flexibility index (Phi) is 4.97. The first kappa shape index (κ1) is 16.3. The zero-order valence-corrected chi connectivity index (χ0v) is 13.8. The largest absolute Gasteiger partial charge is 0.416 e. The molecule has 2 rings (SSSR count). The minimum Gasteiger partial charge on any atom is -0.316 e. The quantitative estimate of drug-likeness (QED) is 0.623. The van der Waals surface area contributed by atoms with Crippen LogP contribution < -0.4 is 4.90 Å². The molecule has 21 heavy (non-hydrogen) atoms. The van der Waals surface area contributed by atoms with Crippen LogP contribution in [0, 0.1) is 0 Å². The van der Waals surface area contributed by atoms with Crippen LogP contribution in [0.3, 0.4) is 0 Å². The molecule has 1 aliphatic rings. The normalized spacial score (nSPS) is 19.6. The predicted octanol–water partition coefficient (Wildman–Crippen LogP) is 4.44. The minimum atomic E-state index is -4.36. The highest BCUT2D eigenvalue weighted by atomic mass is 127. The standard InChI is InChI=1S/C13H10F3IN2OS/c1-8(20)18-12-19(7-11(6-17)21-12)10-4-2-9(3-5-10)13(14,15)16/h2-6H,7H2,1H3/b11-6-,18-12-. The van der Waals surface area contributed by atoms with E-state index < -0.39 is 11.7 Å². The Morgan fingerprint density at radius 3 is 2.48 bits per heavy atom. The van der Waals surface area contributed by atoms with Crippen molar-refractivity contribution < 1.29 is 18.0 Å². The number of hydrogen-bond donors (Lipinski definition) is 0. The van der Waals surface area contributed by atoms with E-state index in [-0.39, 0.29) is 5.91 Å². The topological polar surface area (TPSA) is 32.7 Å². The lowest BCUT2D eigenvalue weighted by molar-refractivity contribution is -0.137. The highest BCUT2D eigenvalue weighted by molar-refractivity contribution is 14.1. The summed E-state index contributed by atoms with van der Waals surface area (Å²) in [6.45, 7) is 1.83. The first-order chi connectivity index (χ1) is 9.81. The number of anilines is 1. The predicted molar refractivity (Wildman–Crippen MR) is 86.6 cm³/mol. The highest BCUT2D eigenvalue weighted by Gasteiger charge is 2.31. The second-order valence-corrected chi connectivity index (χ2v) is 5.94. The molecule has 0 aliphatic carbocycles. The molecular formula is C13H10F3IN2OS. The lowest BCUT2D eigenvalue weighted by atomic mass is 10.2. The third kappa shape index (κ3) is 4.00. The zero-order valence-electron chi connectivity index (χ0n) is 10.8. The third-order valence-corrected chi connectivity index (χ3v) is 4.83. The molecule has 1 heterocycles. The van der Waals surface area contributed by atoms with Gasteiger partial charge in [-0.1, -0.05) is 34.4 Å². The summed E-state index contributed by atoms with van der Waals surface area (Å²) in [4.78, 5) is 17.8. The van der Waals surface area contributed by atoms with Crippen molar-refractivity contribution in [1.82, 2.24) is 0 Å². The number of carbonyl (C=O) groups excluding carboxylic acids is 1.